The number of alkyl halides is 3. The van der Waals surface area contributed by atoms with Crippen molar-refractivity contribution < 1.29 is 75.2 Å². The van der Waals surface area contributed by atoms with Crippen LogP contribution in [0.5, 0.6) is 0 Å². The Morgan fingerprint density at radius 1 is 0.933 bits per heavy atom. The molecule has 7 aliphatic rings. The van der Waals surface area contributed by atoms with Gasteiger partial charge in [-0.1, -0.05) is 98.3 Å². The third-order valence-corrected chi connectivity index (χ3v) is 16.4. The lowest BCUT2D eigenvalue weighted by Gasteiger charge is -2.51. The first-order chi connectivity index (χ1) is 35.5. The highest BCUT2D eigenvalue weighted by Gasteiger charge is 2.56. The maximum Gasteiger partial charge on any atom is 0.471 e. The first-order valence-electron chi connectivity index (χ1n) is 27.6. The van der Waals surface area contributed by atoms with Crippen LogP contribution in [0.4, 0.5) is 13.2 Å². The number of fused-ring (bicyclic) bond motifs is 2. The van der Waals surface area contributed by atoms with Gasteiger partial charge in [0, 0.05) is 70.2 Å². The van der Waals surface area contributed by atoms with Crippen LogP contribution in [0.1, 0.15) is 128 Å². The molecule has 20 atom stereocenters. The van der Waals surface area contributed by atoms with Gasteiger partial charge in [0.25, 0.3) is 0 Å². The molecule has 0 saturated carbocycles. The van der Waals surface area contributed by atoms with Crippen molar-refractivity contribution in [3.05, 3.63) is 59.3 Å². The molecule has 4 fully saturated rings. The van der Waals surface area contributed by atoms with Crippen molar-refractivity contribution in [2.45, 2.75) is 231 Å². The van der Waals surface area contributed by atoms with E-state index in [-0.39, 0.29) is 55.9 Å². The number of rotatable bonds is 12. The number of hydrogen-bond acceptors (Lipinski definition) is 14. The second-order valence-corrected chi connectivity index (χ2v) is 22.1. The molecule has 6 heterocycles. The van der Waals surface area contributed by atoms with Gasteiger partial charge in [-0.2, -0.15) is 13.2 Å². The second kappa shape index (κ2) is 26.3. The van der Waals surface area contributed by atoms with Crippen LogP contribution < -0.4 is 10.6 Å². The summed E-state index contributed by atoms with van der Waals surface area (Å²) in [5.41, 5.74) is 0.926. The number of aliphatic hydroxyl groups is 1. The fraction of sp³-hybridized carbons (Fsp3) is 0.789. The van der Waals surface area contributed by atoms with Gasteiger partial charge in [-0.25, -0.2) is 0 Å². The fourth-order valence-electron chi connectivity index (χ4n) is 11.9. The lowest BCUT2D eigenvalue weighted by molar-refractivity contribution is -0.318. The molecule has 15 nitrogen and oxygen atoms in total. The van der Waals surface area contributed by atoms with Gasteiger partial charge < -0.3 is 63.1 Å². The van der Waals surface area contributed by atoms with Crippen molar-refractivity contribution >= 4 is 11.9 Å². The summed E-state index contributed by atoms with van der Waals surface area (Å²) in [5, 5.41) is 16.6. The van der Waals surface area contributed by atoms with E-state index in [1.165, 1.54) is 7.11 Å². The molecule has 1 amide bonds. The zero-order chi connectivity index (χ0) is 55.2. The number of allylic oxidation sites excluding steroid dienone is 2. The minimum atomic E-state index is -5.12. The predicted molar refractivity (Wildman–Crippen MR) is 276 cm³/mol. The average molecular weight is 1070 g/mol. The molecule has 0 aromatic rings. The number of esters is 1. The number of carbonyl (C=O) groups is 2. The number of nitrogens with one attached hydrogen (secondary N) is 2. The summed E-state index contributed by atoms with van der Waals surface area (Å²) in [6, 6.07) is -0.108. The van der Waals surface area contributed by atoms with E-state index in [1.54, 1.807) is 14.0 Å². The molecule has 1 aliphatic carbocycles. The fourth-order valence-corrected chi connectivity index (χ4v) is 11.9. The quantitative estimate of drug-likeness (QED) is 0.125. The minimum Gasteiger partial charge on any atom is -0.462 e. The van der Waals surface area contributed by atoms with Crippen LogP contribution >= 0.6 is 0 Å². The lowest BCUT2D eigenvalue weighted by atomic mass is 9.75. The monoisotopic (exact) mass is 1070 g/mol. The molecule has 75 heavy (non-hydrogen) atoms. The van der Waals surface area contributed by atoms with Crippen LogP contribution in [-0.2, 0) is 57.0 Å². The van der Waals surface area contributed by atoms with Gasteiger partial charge in [0.1, 0.15) is 23.9 Å². The Labute approximate surface area is 444 Å². The summed E-state index contributed by atoms with van der Waals surface area (Å²) in [5.74, 6) is -4.21. The van der Waals surface area contributed by atoms with Crippen LogP contribution in [0.25, 0.3) is 0 Å². The smallest absolute Gasteiger partial charge is 0.462 e. The van der Waals surface area contributed by atoms with Crippen molar-refractivity contribution in [3.63, 3.8) is 0 Å². The van der Waals surface area contributed by atoms with Gasteiger partial charge in [0.15, 0.2) is 18.4 Å². The van der Waals surface area contributed by atoms with E-state index in [9.17, 15) is 27.9 Å². The second-order valence-electron chi connectivity index (χ2n) is 22.1. The molecule has 0 aromatic carbocycles. The summed E-state index contributed by atoms with van der Waals surface area (Å²) in [7, 11) is 2.97. The Bertz CT molecular complexity index is 2060. The van der Waals surface area contributed by atoms with E-state index >= 15 is 0 Å². The van der Waals surface area contributed by atoms with Gasteiger partial charge in [-0.15, -0.1) is 0 Å². The SMILES string of the molecule is CC.CCC(C)C1OC2(C=C[C@@H]1C)CCC1CC(C/C=C(\C)[C@@H](O[C@H]3CC(OC)[C@@H](O[C@H]4CC(OC)[C@@](CNC(C)C)(NC(=O)C(F)(F)F)C(C)O4)C(C)O3)[C@@H](C)/C=C/C=C3\COC4C(O)C(C)=C[C@@H](C(=O)O1)C34)O2. The van der Waals surface area contributed by atoms with Gasteiger partial charge in [-0.05, 0) is 69.2 Å². The molecule has 18 heteroatoms. The van der Waals surface area contributed by atoms with Gasteiger partial charge in [0.2, 0.25) is 0 Å². The summed E-state index contributed by atoms with van der Waals surface area (Å²) in [4.78, 5) is 26.8. The average Bonchev–Trinajstić information content (AvgIpc) is 3.72. The first kappa shape index (κ1) is 61.2. The summed E-state index contributed by atoms with van der Waals surface area (Å²) in [6.45, 7) is 23.8. The van der Waals surface area contributed by atoms with E-state index in [0.29, 0.717) is 37.2 Å². The highest BCUT2D eigenvalue weighted by atomic mass is 19.4. The van der Waals surface area contributed by atoms with Crippen LogP contribution in [0, 0.1) is 29.6 Å². The molecule has 2 bridgehead atoms. The van der Waals surface area contributed by atoms with Crippen molar-refractivity contribution in [1.29, 1.82) is 0 Å². The maximum atomic E-state index is 14.4. The van der Waals surface area contributed by atoms with Gasteiger partial charge >= 0.3 is 18.1 Å². The van der Waals surface area contributed by atoms with Crippen LogP contribution in [-0.4, -0.2) is 148 Å². The molecule has 3 N–H and O–H groups in total. The molecule has 6 aliphatic heterocycles. The normalized spacial score (nSPS) is 42.8. The number of halogens is 3. The molecule has 12 unspecified atom stereocenters. The van der Waals surface area contributed by atoms with E-state index in [0.717, 1.165) is 17.6 Å². The molecule has 426 valence electrons. The Hall–Kier alpha value is -3.01. The minimum absolute atomic E-state index is 0.00447. The molecule has 7 rings (SSSR count). The van der Waals surface area contributed by atoms with E-state index < -0.39 is 109 Å². The zero-order valence-corrected chi connectivity index (χ0v) is 46.9. The zero-order valence-electron chi connectivity index (χ0n) is 46.9. The molecular formula is C57H89F3N2O13. The molecular weight excluding hydrogens is 978 g/mol. The van der Waals surface area contributed by atoms with E-state index in [2.05, 4.69) is 62.6 Å². The Morgan fingerprint density at radius 2 is 1.65 bits per heavy atom. The molecule has 0 radical (unpaired) electrons. The van der Waals surface area contributed by atoms with Crippen LogP contribution in [0.2, 0.25) is 0 Å². The first-order valence-corrected chi connectivity index (χ1v) is 27.6. The van der Waals surface area contributed by atoms with Crippen LogP contribution in [0.3, 0.4) is 0 Å². The topological polar surface area (TPSA) is 171 Å². The van der Waals surface area contributed by atoms with E-state index in [1.807, 2.05) is 66.7 Å². The predicted octanol–water partition coefficient (Wildman–Crippen LogP) is 8.73. The highest BCUT2D eigenvalue weighted by molar-refractivity contribution is 5.82. The number of ether oxygens (including phenoxy) is 10. The lowest BCUT2D eigenvalue weighted by Crippen LogP contribution is -2.73. The third-order valence-electron chi connectivity index (χ3n) is 16.4. The number of methoxy groups -OCH3 is 2. The van der Waals surface area contributed by atoms with Crippen molar-refractivity contribution in [2.75, 3.05) is 27.4 Å². The molecule has 1 spiro atoms. The van der Waals surface area contributed by atoms with E-state index in [4.69, 9.17) is 47.4 Å². The van der Waals surface area contributed by atoms with Crippen LogP contribution in [0.15, 0.2) is 59.3 Å². The largest absolute Gasteiger partial charge is 0.471 e. The molecule has 4 saturated heterocycles. The van der Waals surface area contributed by atoms with Crippen molar-refractivity contribution in [2.24, 2.45) is 29.6 Å². The summed E-state index contributed by atoms with van der Waals surface area (Å²) < 4.78 is 106. The Kier molecular flexibility index (Phi) is 21.5. The van der Waals surface area contributed by atoms with Gasteiger partial charge in [0.05, 0.1) is 61.4 Å². The number of carbonyl (C=O) groups excluding carboxylic acids is 2. The molecule has 0 aromatic heterocycles. The maximum absolute atomic E-state index is 14.4. The number of amides is 1. The third kappa shape index (κ3) is 14.2. The number of aliphatic hydroxyl groups excluding tert-OH is 1. The van der Waals surface area contributed by atoms with Crippen molar-refractivity contribution in [3.8, 4) is 0 Å². The highest BCUT2D eigenvalue weighted by Crippen LogP contribution is 2.45. The van der Waals surface area contributed by atoms with Gasteiger partial charge in [-0.3, -0.25) is 9.59 Å². The summed E-state index contributed by atoms with van der Waals surface area (Å²) >= 11 is 0. The summed E-state index contributed by atoms with van der Waals surface area (Å²) in [6.07, 6.45) is 4.01. The van der Waals surface area contributed by atoms with Crippen molar-refractivity contribution in [1.82, 2.24) is 10.6 Å². The number of hydrogen-bond donors (Lipinski definition) is 3. The standard InChI is InChI=1S/C55H83F3N2O13.C2H6/c1-13-30(4)48-33(7)19-21-53(73-48)22-20-38-24-39(72-53)18-17-32(6)47(31(5)15-14-16-37-27-66-50-45(37)40(51(62)69-38)23-34(8)46(50)61)70-43-25-41(64-11)49(35(9)67-43)71-44-26-42(65-12)54(36(10)68-44,28-59-29(2)3)60-52(63)55(56,57)58;1-2/h14-17,19,21,23,29-31,33,35-36,38-50,59,61H,13,18,20,22,24-28H2,1-12H3,(H,60,63);1-2H3/b15-14+,32-17+,37-16+;/t30?,31-,33-,35?,36?,38?,39?,40+,41?,42?,43-,44-,45?,46?,47-,48?,49-,50?,53?,54-;/m0./s1. The Morgan fingerprint density at radius 3 is 2.32 bits per heavy atom. The Balaban J connectivity index is 0.00000452.